The Kier molecular flexibility index (Phi) is 3.01. The van der Waals surface area contributed by atoms with Crippen LogP contribution in [0.25, 0.3) is 0 Å². The van der Waals surface area contributed by atoms with Crippen LogP contribution in [0.2, 0.25) is 8.73 Å². The predicted octanol–water partition coefficient (Wildman–Crippen LogP) is 0.891. The summed E-state index contributed by atoms with van der Waals surface area (Å²) < 4.78 is 20.4. The molecule has 0 aliphatic rings. The second-order valence-corrected chi connectivity index (χ2v) is 9.92. The second-order valence-electron chi connectivity index (χ2n) is 1.48. The molecule has 0 spiro atoms. The molecule has 3 heteroatoms. The molecule has 0 aliphatic carbocycles. The molecule has 0 amide bonds. The Labute approximate surface area is 48.5 Å². The Bertz CT molecular complexity index is 81.7. The van der Waals surface area contributed by atoms with Crippen molar-refractivity contribution in [2.45, 2.75) is 22.6 Å². The van der Waals surface area contributed by atoms with Crippen LogP contribution in [-0.4, -0.2) is 22.6 Å². The van der Waals surface area contributed by atoms with Gasteiger partial charge in [0, 0.05) is 0 Å². The Morgan fingerprint density at radius 2 is 1.71 bits per heavy atom. The molecule has 1 N–H and O–H groups in total. The van der Waals surface area contributed by atoms with Crippen LogP contribution in [-0.2, 0) is 3.02 Å². The van der Waals surface area contributed by atoms with Gasteiger partial charge in [0.25, 0.3) is 0 Å². The van der Waals surface area contributed by atoms with Crippen molar-refractivity contribution in [3.8, 4) is 0 Å². The molecular formula is C4H11O2Sb. The van der Waals surface area contributed by atoms with E-state index >= 15 is 0 Å². The van der Waals surface area contributed by atoms with E-state index in [-0.39, 0.29) is 0 Å². The zero-order chi connectivity index (χ0) is 5.91. The van der Waals surface area contributed by atoms with E-state index in [0.29, 0.717) is 8.73 Å². The van der Waals surface area contributed by atoms with Gasteiger partial charge in [-0.25, -0.2) is 0 Å². The molecule has 0 bridgehead atoms. The van der Waals surface area contributed by atoms with Crippen molar-refractivity contribution in [1.29, 1.82) is 0 Å². The molecule has 0 fully saturated rings. The number of rotatable bonds is 2. The van der Waals surface area contributed by atoms with Gasteiger partial charge in [0.15, 0.2) is 0 Å². The summed E-state index contributed by atoms with van der Waals surface area (Å²) in [5.74, 6) is 0. The van der Waals surface area contributed by atoms with E-state index in [2.05, 4.69) is 0 Å². The Balaban J connectivity index is 3.61. The van der Waals surface area contributed by atoms with Crippen molar-refractivity contribution in [2.75, 3.05) is 0 Å². The van der Waals surface area contributed by atoms with Crippen LogP contribution in [0.15, 0.2) is 0 Å². The van der Waals surface area contributed by atoms with Crippen LogP contribution < -0.4 is 0 Å². The maximum absolute atomic E-state index is 10.6. The van der Waals surface area contributed by atoms with Crippen LogP contribution >= 0.6 is 0 Å². The molecule has 0 rings (SSSR count). The summed E-state index contributed by atoms with van der Waals surface area (Å²) in [6.07, 6.45) is 0. The van der Waals surface area contributed by atoms with Crippen LogP contribution in [0.5, 0.6) is 0 Å². The Hall–Kier alpha value is 0.578. The molecule has 0 radical (unpaired) electrons. The summed E-state index contributed by atoms with van der Waals surface area (Å²) in [5, 5.41) is 0. The van der Waals surface area contributed by atoms with Crippen LogP contribution in [0.1, 0.15) is 13.8 Å². The van der Waals surface area contributed by atoms with Crippen molar-refractivity contribution >= 4 is 19.2 Å². The molecule has 0 aromatic rings. The third kappa shape index (κ3) is 3.19. The first kappa shape index (κ1) is 7.58. The molecule has 0 unspecified atom stereocenters. The quantitative estimate of drug-likeness (QED) is 0.691. The van der Waals surface area contributed by atoms with Gasteiger partial charge >= 0.3 is 48.2 Å². The Morgan fingerprint density at radius 3 is 1.71 bits per heavy atom. The minimum atomic E-state index is -3.44. The molecule has 0 saturated carbocycles. The van der Waals surface area contributed by atoms with Gasteiger partial charge in [0.05, 0.1) is 0 Å². The molecule has 2 nitrogen and oxygen atoms in total. The Morgan fingerprint density at radius 1 is 1.43 bits per heavy atom. The fraction of sp³-hybridized carbons (Fsp3) is 1.00. The topological polar surface area (TPSA) is 37.3 Å². The zero-order valence-electron chi connectivity index (χ0n) is 4.72. The normalized spacial score (nSPS) is 11.9. The maximum atomic E-state index is 10.6. The van der Waals surface area contributed by atoms with Gasteiger partial charge in [-0.3, -0.25) is 0 Å². The summed E-state index contributed by atoms with van der Waals surface area (Å²) in [6, 6.07) is 0. The average molecular weight is 213 g/mol. The van der Waals surface area contributed by atoms with Crippen molar-refractivity contribution in [3.05, 3.63) is 0 Å². The van der Waals surface area contributed by atoms with Crippen molar-refractivity contribution < 1.29 is 6.40 Å². The predicted molar refractivity (Wildman–Crippen MR) is 29.6 cm³/mol. The first-order valence-electron chi connectivity index (χ1n) is 2.43. The van der Waals surface area contributed by atoms with Gasteiger partial charge < -0.3 is 0 Å². The fourth-order valence-electron chi connectivity index (χ4n) is 0.224. The van der Waals surface area contributed by atoms with Crippen LogP contribution in [0.3, 0.4) is 0 Å². The van der Waals surface area contributed by atoms with Crippen LogP contribution in [0.4, 0.5) is 0 Å². The summed E-state index contributed by atoms with van der Waals surface area (Å²) in [4.78, 5) is 0. The van der Waals surface area contributed by atoms with Crippen molar-refractivity contribution in [2.24, 2.45) is 0 Å². The molecule has 44 valence electrons. The molecular weight excluding hydrogens is 202 g/mol. The molecule has 0 aromatic heterocycles. The summed E-state index contributed by atoms with van der Waals surface area (Å²) in [5.41, 5.74) is 0. The first-order chi connectivity index (χ1) is 3.12. The van der Waals surface area contributed by atoms with Gasteiger partial charge in [-0.2, -0.15) is 0 Å². The molecule has 7 heavy (non-hydrogen) atoms. The molecule has 0 aliphatic heterocycles. The minimum absolute atomic E-state index is 0.495. The van der Waals surface area contributed by atoms with Crippen molar-refractivity contribution in [1.82, 2.24) is 0 Å². The monoisotopic (exact) mass is 212 g/mol. The number of hydrogen-bond acceptors (Lipinski definition) is 1. The number of hydrogen-bond donors (Lipinski definition) is 1. The SMILES string of the molecule is C[CH2][Sb](=[O])([OH])[CH2]C. The third-order valence-corrected chi connectivity index (χ3v) is 6.63. The van der Waals surface area contributed by atoms with Gasteiger partial charge in [0.1, 0.15) is 0 Å². The zero-order valence-corrected chi connectivity index (χ0v) is 7.27. The molecule has 0 heterocycles. The van der Waals surface area contributed by atoms with E-state index in [4.69, 9.17) is 3.39 Å². The van der Waals surface area contributed by atoms with Crippen LogP contribution in [0, 0.1) is 0 Å². The molecule has 0 aromatic carbocycles. The molecule has 0 atom stereocenters. The van der Waals surface area contributed by atoms with E-state index in [0.717, 1.165) is 0 Å². The van der Waals surface area contributed by atoms with E-state index in [9.17, 15) is 3.02 Å². The van der Waals surface area contributed by atoms with Gasteiger partial charge in [-0.1, -0.05) is 0 Å². The first-order valence-corrected chi connectivity index (χ1v) is 8.22. The van der Waals surface area contributed by atoms with Gasteiger partial charge in [-0.05, 0) is 0 Å². The van der Waals surface area contributed by atoms with E-state index < -0.39 is 19.2 Å². The average Bonchev–Trinajstić information content (AvgIpc) is 1.68. The van der Waals surface area contributed by atoms with E-state index in [1.165, 1.54) is 0 Å². The van der Waals surface area contributed by atoms with E-state index in [1.807, 2.05) is 0 Å². The second kappa shape index (κ2) is 2.78. The standard InChI is InChI=1S/2C2H5.H2O.O.Sb/c2*1-2;;;/h2*1H2,2H3;1H2;;/q;;;;+1/p-1. The van der Waals surface area contributed by atoms with Gasteiger partial charge in [0.2, 0.25) is 0 Å². The van der Waals surface area contributed by atoms with Gasteiger partial charge in [-0.15, -0.1) is 0 Å². The van der Waals surface area contributed by atoms with Crippen molar-refractivity contribution in [3.63, 3.8) is 0 Å². The summed E-state index contributed by atoms with van der Waals surface area (Å²) in [7, 11) is 0. The fourth-order valence-corrected chi connectivity index (χ4v) is 1.50. The summed E-state index contributed by atoms with van der Waals surface area (Å²) in [6.45, 7) is 3.53. The third-order valence-electron chi connectivity index (χ3n) is 0.988. The molecule has 0 saturated heterocycles. The summed E-state index contributed by atoms with van der Waals surface area (Å²) >= 11 is -3.44. The van der Waals surface area contributed by atoms with E-state index in [1.54, 1.807) is 13.8 Å².